The van der Waals surface area contributed by atoms with Crippen LogP contribution in [-0.2, 0) is 9.59 Å². The summed E-state index contributed by atoms with van der Waals surface area (Å²) in [4.78, 5) is 21.6. The number of amides is 1. The van der Waals surface area contributed by atoms with Gasteiger partial charge in [0.1, 0.15) is 6.04 Å². The highest BCUT2D eigenvalue weighted by Crippen LogP contribution is 2.18. The van der Waals surface area contributed by atoms with Crippen LogP contribution in [0.15, 0.2) is 0 Å². The van der Waals surface area contributed by atoms with Crippen molar-refractivity contribution in [2.75, 3.05) is 11.5 Å². The van der Waals surface area contributed by atoms with Gasteiger partial charge in [0, 0.05) is 6.04 Å². The molecule has 1 unspecified atom stereocenters. The van der Waals surface area contributed by atoms with Gasteiger partial charge in [-0.05, 0) is 25.0 Å². The minimum absolute atomic E-state index is 0.0337. The predicted octanol–water partition coefficient (Wildman–Crippen LogP) is -0.200. The minimum atomic E-state index is -0.988. The van der Waals surface area contributed by atoms with Crippen molar-refractivity contribution >= 4 is 23.6 Å². The van der Waals surface area contributed by atoms with Crippen LogP contribution in [0.25, 0.3) is 0 Å². The van der Waals surface area contributed by atoms with E-state index >= 15 is 0 Å². The van der Waals surface area contributed by atoms with E-state index in [2.05, 4.69) is 5.32 Å². The molecule has 4 N–H and O–H groups in total. The number of carboxylic acids is 1. The van der Waals surface area contributed by atoms with E-state index in [4.69, 9.17) is 10.8 Å². The molecule has 0 aliphatic heterocycles. The van der Waals surface area contributed by atoms with Crippen LogP contribution >= 0.6 is 11.8 Å². The standard InChI is InChI=1S/C9H16N2O3S/c10-7(9(13)14)3-4-15-5-8(12)11-6-1-2-6/h6-7H,1-5,10H2,(H,11,12)(H,13,14). The quantitative estimate of drug-likeness (QED) is 0.529. The number of carboxylic acid groups (broad SMARTS) is 1. The molecule has 6 heteroatoms. The van der Waals surface area contributed by atoms with E-state index in [1.807, 2.05) is 0 Å². The SMILES string of the molecule is NC(CCSCC(=O)NC1CC1)C(=O)O. The van der Waals surface area contributed by atoms with Crippen molar-refractivity contribution < 1.29 is 14.7 Å². The van der Waals surface area contributed by atoms with Gasteiger partial charge in [-0.25, -0.2) is 0 Å². The number of aliphatic carboxylic acids is 1. The van der Waals surface area contributed by atoms with Crippen molar-refractivity contribution in [3.63, 3.8) is 0 Å². The third-order valence-electron chi connectivity index (χ3n) is 2.07. The van der Waals surface area contributed by atoms with E-state index in [0.29, 0.717) is 24.0 Å². The van der Waals surface area contributed by atoms with Gasteiger partial charge in [-0.2, -0.15) is 11.8 Å². The summed E-state index contributed by atoms with van der Waals surface area (Å²) in [6.45, 7) is 0. The van der Waals surface area contributed by atoms with Crippen molar-refractivity contribution in [1.82, 2.24) is 5.32 Å². The highest BCUT2D eigenvalue weighted by molar-refractivity contribution is 7.99. The number of thioether (sulfide) groups is 1. The first-order chi connectivity index (χ1) is 7.09. The van der Waals surface area contributed by atoms with Crippen LogP contribution in [0, 0.1) is 0 Å². The average molecular weight is 232 g/mol. The summed E-state index contributed by atoms with van der Waals surface area (Å²) < 4.78 is 0. The van der Waals surface area contributed by atoms with Crippen molar-refractivity contribution in [2.24, 2.45) is 5.73 Å². The fourth-order valence-electron chi connectivity index (χ4n) is 0.996. The maximum absolute atomic E-state index is 11.2. The molecule has 0 aromatic rings. The van der Waals surface area contributed by atoms with Crippen molar-refractivity contribution in [2.45, 2.75) is 31.3 Å². The Morgan fingerprint density at radius 2 is 2.20 bits per heavy atom. The van der Waals surface area contributed by atoms with Crippen LogP contribution in [-0.4, -0.2) is 40.6 Å². The fourth-order valence-corrected chi connectivity index (χ4v) is 1.83. The topological polar surface area (TPSA) is 92.4 Å². The molecule has 1 fully saturated rings. The number of nitrogens with two attached hydrogens (primary N) is 1. The lowest BCUT2D eigenvalue weighted by Gasteiger charge is -2.06. The second-order valence-electron chi connectivity index (χ2n) is 3.63. The van der Waals surface area contributed by atoms with Crippen molar-refractivity contribution in [3.8, 4) is 0 Å². The molecule has 1 saturated carbocycles. The number of carbonyl (C=O) groups excluding carboxylic acids is 1. The lowest BCUT2D eigenvalue weighted by Crippen LogP contribution is -2.31. The molecule has 1 amide bonds. The highest BCUT2D eigenvalue weighted by atomic mass is 32.2. The van der Waals surface area contributed by atoms with Crippen molar-refractivity contribution in [3.05, 3.63) is 0 Å². The monoisotopic (exact) mass is 232 g/mol. The molecule has 0 bridgehead atoms. The molecule has 0 aromatic heterocycles. The zero-order valence-electron chi connectivity index (χ0n) is 8.44. The number of nitrogens with one attached hydrogen (secondary N) is 1. The molecule has 1 atom stereocenters. The molecule has 1 aliphatic rings. The van der Waals surface area contributed by atoms with E-state index in [1.165, 1.54) is 11.8 Å². The number of hydrogen-bond donors (Lipinski definition) is 3. The van der Waals surface area contributed by atoms with Gasteiger partial charge in [-0.15, -0.1) is 0 Å². The molecule has 5 nitrogen and oxygen atoms in total. The molecule has 0 radical (unpaired) electrons. The van der Waals surface area contributed by atoms with Crippen LogP contribution in [0.2, 0.25) is 0 Å². The predicted molar refractivity (Wildman–Crippen MR) is 58.7 cm³/mol. The first-order valence-corrected chi connectivity index (χ1v) is 6.10. The molecule has 86 valence electrons. The summed E-state index contributed by atoms with van der Waals surface area (Å²) in [6.07, 6.45) is 2.57. The largest absolute Gasteiger partial charge is 0.480 e. The minimum Gasteiger partial charge on any atom is -0.480 e. The highest BCUT2D eigenvalue weighted by Gasteiger charge is 2.22. The first kappa shape index (κ1) is 12.3. The number of rotatable bonds is 7. The fraction of sp³-hybridized carbons (Fsp3) is 0.778. The van der Waals surface area contributed by atoms with Gasteiger partial charge < -0.3 is 16.2 Å². The van der Waals surface area contributed by atoms with Gasteiger partial charge in [0.15, 0.2) is 0 Å². The maximum Gasteiger partial charge on any atom is 0.320 e. The Kier molecular flexibility index (Phi) is 4.90. The normalized spacial score (nSPS) is 17.1. The summed E-state index contributed by atoms with van der Waals surface area (Å²) in [5, 5.41) is 11.4. The van der Waals surface area contributed by atoms with E-state index in [-0.39, 0.29) is 5.91 Å². The van der Waals surface area contributed by atoms with Gasteiger partial charge in [-0.3, -0.25) is 9.59 Å². The Hall–Kier alpha value is -0.750. The van der Waals surface area contributed by atoms with Crippen LogP contribution in [0.3, 0.4) is 0 Å². The lowest BCUT2D eigenvalue weighted by molar-refractivity contribution is -0.138. The Balaban J connectivity index is 1.95. The molecule has 0 aromatic carbocycles. The van der Waals surface area contributed by atoms with E-state index in [9.17, 15) is 9.59 Å². The van der Waals surface area contributed by atoms with Gasteiger partial charge in [0.2, 0.25) is 5.91 Å². The Morgan fingerprint density at radius 3 is 2.73 bits per heavy atom. The summed E-state index contributed by atoms with van der Waals surface area (Å²) >= 11 is 1.42. The Morgan fingerprint density at radius 1 is 1.53 bits per heavy atom. The van der Waals surface area contributed by atoms with Crippen molar-refractivity contribution in [1.29, 1.82) is 0 Å². The molecule has 0 heterocycles. The van der Waals surface area contributed by atoms with Gasteiger partial charge >= 0.3 is 5.97 Å². The summed E-state index contributed by atoms with van der Waals surface area (Å²) in [6, 6.07) is -0.427. The third kappa shape index (κ3) is 5.64. The summed E-state index contributed by atoms with van der Waals surface area (Å²) in [7, 11) is 0. The van der Waals surface area contributed by atoms with Gasteiger partial charge in [0.25, 0.3) is 0 Å². The third-order valence-corrected chi connectivity index (χ3v) is 3.06. The lowest BCUT2D eigenvalue weighted by atomic mass is 10.2. The first-order valence-electron chi connectivity index (χ1n) is 4.95. The van der Waals surface area contributed by atoms with Crippen LogP contribution in [0.1, 0.15) is 19.3 Å². The summed E-state index contributed by atoms with van der Waals surface area (Å²) in [5.74, 6) is 0.0402. The van der Waals surface area contributed by atoms with Gasteiger partial charge in [0.05, 0.1) is 5.75 Å². The van der Waals surface area contributed by atoms with E-state index in [1.54, 1.807) is 0 Å². The Bertz CT molecular complexity index is 244. The van der Waals surface area contributed by atoms with Crippen LogP contribution in [0.5, 0.6) is 0 Å². The number of hydrogen-bond acceptors (Lipinski definition) is 4. The van der Waals surface area contributed by atoms with Crippen LogP contribution in [0.4, 0.5) is 0 Å². The zero-order chi connectivity index (χ0) is 11.3. The second kappa shape index (κ2) is 5.97. The Labute approximate surface area is 92.8 Å². The maximum atomic E-state index is 11.2. The molecule has 1 rings (SSSR count). The van der Waals surface area contributed by atoms with Gasteiger partial charge in [-0.1, -0.05) is 0 Å². The molecule has 0 saturated heterocycles. The molecular weight excluding hydrogens is 216 g/mol. The molecule has 0 spiro atoms. The molecule has 15 heavy (non-hydrogen) atoms. The average Bonchev–Trinajstić information content (AvgIpc) is 2.95. The second-order valence-corrected chi connectivity index (χ2v) is 4.73. The van der Waals surface area contributed by atoms with E-state index in [0.717, 1.165) is 12.8 Å². The summed E-state index contributed by atoms with van der Waals surface area (Å²) in [5.41, 5.74) is 5.31. The smallest absolute Gasteiger partial charge is 0.320 e. The zero-order valence-corrected chi connectivity index (χ0v) is 9.26. The van der Waals surface area contributed by atoms with E-state index < -0.39 is 12.0 Å². The molecule has 1 aliphatic carbocycles. The molecular formula is C9H16N2O3S. The number of carbonyl (C=O) groups is 2. The van der Waals surface area contributed by atoms with Crippen LogP contribution < -0.4 is 11.1 Å².